The highest BCUT2D eigenvalue weighted by Gasteiger charge is 2.35. The van der Waals surface area contributed by atoms with E-state index in [0.29, 0.717) is 23.8 Å². The molecule has 0 amide bonds. The van der Waals surface area contributed by atoms with Crippen molar-refractivity contribution in [2.45, 2.75) is 25.1 Å². The van der Waals surface area contributed by atoms with Crippen molar-refractivity contribution < 1.29 is 13.2 Å². The van der Waals surface area contributed by atoms with Gasteiger partial charge in [-0.15, -0.1) is 10.2 Å². The quantitative estimate of drug-likeness (QED) is 0.859. The van der Waals surface area contributed by atoms with Crippen molar-refractivity contribution in [1.29, 1.82) is 0 Å². The lowest BCUT2D eigenvalue weighted by molar-refractivity contribution is -0.138. The predicted molar refractivity (Wildman–Crippen MR) is 54.1 cm³/mol. The van der Waals surface area contributed by atoms with E-state index < -0.39 is 11.2 Å². The molecule has 3 N–H and O–H groups in total. The lowest BCUT2D eigenvalue weighted by atomic mass is 9.81. The minimum absolute atomic E-state index is 0.216. The Balaban J connectivity index is 1.84. The Morgan fingerprint density at radius 2 is 2.06 bits per heavy atom. The van der Waals surface area contributed by atoms with Gasteiger partial charge >= 0.3 is 6.18 Å². The molecule has 0 spiro atoms. The molecule has 0 saturated heterocycles. The second kappa shape index (κ2) is 4.17. The largest absolute Gasteiger partial charge is 0.445 e. The summed E-state index contributed by atoms with van der Waals surface area (Å²) >= 11 is 0.528. The summed E-state index contributed by atoms with van der Waals surface area (Å²) in [5.41, 5.74) is 5.60. The summed E-state index contributed by atoms with van der Waals surface area (Å²) in [4.78, 5) is 0. The van der Waals surface area contributed by atoms with Gasteiger partial charge in [0, 0.05) is 12.6 Å². The van der Waals surface area contributed by atoms with Gasteiger partial charge in [-0.2, -0.15) is 13.2 Å². The maximum atomic E-state index is 12.2. The van der Waals surface area contributed by atoms with Crippen molar-refractivity contribution in [3.05, 3.63) is 5.01 Å². The van der Waals surface area contributed by atoms with E-state index in [-0.39, 0.29) is 11.2 Å². The fraction of sp³-hybridized carbons (Fsp3) is 0.750. The van der Waals surface area contributed by atoms with E-state index in [1.165, 1.54) is 0 Å². The Morgan fingerprint density at radius 1 is 1.38 bits per heavy atom. The van der Waals surface area contributed by atoms with Crippen LogP contribution in [0.4, 0.5) is 18.3 Å². The molecular formula is C8H11F3N4S. The van der Waals surface area contributed by atoms with Crippen molar-refractivity contribution >= 4 is 16.5 Å². The highest BCUT2D eigenvalue weighted by atomic mass is 32.1. The SMILES string of the molecule is NC1CC(CNc2nnc(C(F)(F)F)s2)C1. The molecule has 1 aliphatic carbocycles. The first kappa shape index (κ1) is 11.6. The van der Waals surface area contributed by atoms with Crippen molar-refractivity contribution in [3.8, 4) is 0 Å². The maximum absolute atomic E-state index is 12.2. The van der Waals surface area contributed by atoms with Crippen molar-refractivity contribution in [1.82, 2.24) is 10.2 Å². The van der Waals surface area contributed by atoms with E-state index in [0.717, 1.165) is 12.8 Å². The van der Waals surface area contributed by atoms with Crippen LogP contribution < -0.4 is 11.1 Å². The molecule has 0 atom stereocenters. The van der Waals surface area contributed by atoms with Crippen LogP contribution in [0.3, 0.4) is 0 Å². The molecule has 1 heterocycles. The Bertz CT molecular complexity index is 358. The summed E-state index contributed by atoms with van der Waals surface area (Å²) in [6.45, 7) is 0.611. The zero-order valence-electron chi connectivity index (χ0n) is 8.29. The van der Waals surface area contributed by atoms with E-state index in [4.69, 9.17) is 5.73 Å². The summed E-state index contributed by atoms with van der Waals surface area (Å²) in [5, 5.41) is 8.67. The van der Waals surface area contributed by atoms with Crippen LogP contribution in [0.5, 0.6) is 0 Å². The number of anilines is 1. The molecule has 0 unspecified atom stereocenters. The molecule has 1 aliphatic rings. The Kier molecular flexibility index (Phi) is 3.02. The third kappa shape index (κ3) is 2.62. The summed E-state index contributed by atoms with van der Waals surface area (Å²) in [6, 6.07) is 0.243. The number of nitrogens with zero attached hydrogens (tertiary/aromatic N) is 2. The monoisotopic (exact) mass is 252 g/mol. The first-order chi connectivity index (χ1) is 7.45. The molecule has 8 heteroatoms. The normalized spacial score (nSPS) is 25.2. The van der Waals surface area contributed by atoms with Gasteiger partial charge in [0.25, 0.3) is 0 Å². The van der Waals surface area contributed by atoms with Crippen LogP contribution in [0, 0.1) is 5.92 Å². The molecule has 90 valence electrons. The van der Waals surface area contributed by atoms with Gasteiger partial charge in [-0.25, -0.2) is 0 Å². The fourth-order valence-corrected chi connectivity index (χ4v) is 2.21. The zero-order valence-corrected chi connectivity index (χ0v) is 9.11. The van der Waals surface area contributed by atoms with Crippen LogP contribution in [0.25, 0.3) is 0 Å². The lowest BCUT2D eigenvalue weighted by Gasteiger charge is -2.32. The Morgan fingerprint density at radius 3 is 2.56 bits per heavy atom. The molecule has 4 nitrogen and oxygen atoms in total. The number of nitrogens with two attached hydrogens (primary N) is 1. The first-order valence-electron chi connectivity index (χ1n) is 4.85. The summed E-state index contributed by atoms with van der Waals surface area (Å²) in [6.07, 6.45) is -2.58. The Labute approximate surface area is 94.0 Å². The maximum Gasteiger partial charge on any atom is 0.445 e. The third-order valence-electron chi connectivity index (χ3n) is 2.48. The highest BCUT2D eigenvalue weighted by molar-refractivity contribution is 7.15. The summed E-state index contributed by atoms with van der Waals surface area (Å²) in [7, 11) is 0. The van der Waals surface area contributed by atoms with E-state index >= 15 is 0 Å². The number of nitrogens with one attached hydrogen (secondary N) is 1. The van der Waals surface area contributed by atoms with Crippen molar-refractivity contribution in [2.75, 3.05) is 11.9 Å². The molecule has 0 radical (unpaired) electrons. The average molecular weight is 252 g/mol. The van der Waals surface area contributed by atoms with Gasteiger partial charge in [0.2, 0.25) is 10.1 Å². The molecule has 16 heavy (non-hydrogen) atoms. The van der Waals surface area contributed by atoms with Crippen LogP contribution in [-0.4, -0.2) is 22.8 Å². The second-order valence-corrected chi connectivity index (χ2v) is 4.87. The van der Waals surface area contributed by atoms with Gasteiger partial charge in [0.05, 0.1) is 0 Å². The van der Waals surface area contributed by atoms with Crippen LogP contribution >= 0.6 is 11.3 Å². The predicted octanol–water partition coefficient (Wildman–Crippen LogP) is 1.71. The van der Waals surface area contributed by atoms with E-state index in [1.807, 2.05) is 0 Å². The number of alkyl halides is 3. The minimum Gasteiger partial charge on any atom is -0.360 e. The fourth-order valence-electron chi connectivity index (χ4n) is 1.59. The summed E-state index contributed by atoms with van der Waals surface area (Å²) < 4.78 is 36.6. The zero-order chi connectivity index (χ0) is 11.8. The average Bonchev–Trinajstić information content (AvgIpc) is 2.58. The van der Waals surface area contributed by atoms with Gasteiger partial charge in [-0.05, 0) is 18.8 Å². The van der Waals surface area contributed by atoms with Gasteiger partial charge < -0.3 is 11.1 Å². The molecule has 2 rings (SSSR count). The van der Waals surface area contributed by atoms with Crippen LogP contribution in [0.1, 0.15) is 17.8 Å². The van der Waals surface area contributed by atoms with Crippen LogP contribution in [0.2, 0.25) is 0 Å². The first-order valence-corrected chi connectivity index (χ1v) is 5.67. The van der Waals surface area contributed by atoms with Gasteiger partial charge in [-0.1, -0.05) is 11.3 Å². The second-order valence-electron chi connectivity index (χ2n) is 3.89. The van der Waals surface area contributed by atoms with E-state index in [1.54, 1.807) is 0 Å². The van der Waals surface area contributed by atoms with E-state index in [2.05, 4.69) is 15.5 Å². The summed E-state index contributed by atoms with van der Waals surface area (Å²) in [5.74, 6) is 0.438. The molecule has 1 saturated carbocycles. The number of aromatic nitrogens is 2. The highest BCUT2D eigenvalue weighted by Crippen LogP contribution is 2.33. The topological polar surface area (TPSA) is 63.8 Å². The van der Waals surface area contributed by atoms with Gasteiger partial charge in [0.1, 0.15) is 0 Å². The van der Waals surface area contributed by atoms with Crippen molar-refractivity contribution in [2.24, 2.45) is 11.7 Å². The van der Waals surface area contributed by atoms with Gasteiger partial charge in [-0.3, -0.25) is 0 Å². The van der Waals surface area contributed by atoms with Crippen molar-refractivity contribution in [3.63, 3.8) is 0 Å². The van der Waals surface area contributed by atoms with Gasteiger partial charge in [0.15, 0.2) is 0 Å². The molecule has 0 bridgehead atoms. The van der Waals surface area contributed by atoms with E-state index in [9.17, 15) is 13.2 Å². The molecule has 0 aliphatic heterocycles. The molecule has 1 aromatic rings. The molecule has 1 aromatic heterocycles. The molecule has 0 aromatic carbocycles. The number of hydrogen-bond acceptors (Lipinski definition) is 5. The lowest BCUT2D eigenvalue weighted by Crippen LogP contribution is -2.39. The molecule has 1 fully saturated rings. The number of rotatable bonds is 3. The van der Waals surface area contributed by atoms with Crippen LogP contribution in [0.15, 0.2) is 0 Å². The molecular weight excluding hydrogens is 241 g/mol. The van der Waals surface area contributed by atoms with Crippen LogP contribution in [-0.2, 0) is 6.18 Å². The standard InChI is InChI=1S/C8H11F3N4S/c9-8(10,11)6-14-15-7(16-6)13-3-4-1-5(12)2-4/h4-5H,1-3,12H2,(H,13,15). The Hall–Kier alpha value is -0.890. The minimum atomic E-state index is -4.41. The third-order valence-corrected chi connectivity index (χ3v) is 3.41. The number of hydrogen-bond donors (Lipinski definition) is 2. The smallest absolute Gasteiger partial charge is 0.360 e. The number of halogens is 3.